The van der Waals surface area contributed by atoms with E-state index in [1.807, 2.05) is 31.2 Å². The van der Waals surface area contributed by atoms with E-state index < -0.39 is 11.9 Å². The van der Waals surface area contributed by atoms with Crippen LogP contribution in [0.15, 0.2) is 47.4 Å². The Labute approximate surface area is 121 Å². The molecule has 0 bridgehead atoms. The van der Waals surface area contributed by atoms with Gasteiger partial charge in [-0.15, -0.1) is 11.8 Å². The van der Waals surface area contributed by atoms with E-state index in [1.165, 1.54) is 6.07 Å². The zero-order valence-electron chi connectivity index (χ0n) is 10.9. The number of hydrogen-bond donors (Lipinski definition) is 0. The van der Waals surface area contributed by atoms with Gasteiger partial charge in [-0.05, 0) is 31.2 Å². The zero-order chi connectivity index (χ0) is 14.1. The Kier molecular flexibility index (Phi) is 3.49. The third kappa shape index (κ3) is 2.43. The van der Waals surface area contributed by atoms with Gasteiger partial charge in [0.1, 0.15) is 11.6 Å². The Balaban J connectivity index is 1.88. The van der Waals surface area contributed by atoms with E-state index in [4.69, 9.17) is 4.74 Å². The maximum atomic E-state index is 13.8. The smallest absolute Gasteiger partial charge is 0.207 e. The molecule has 0 aliphatic carbocycles. The van der Waals surface area contributed by atoms with Crippen LogP contribution in [0.25, 0.3) is 0 Å². The second-order valence-electron chi connectivity index (χ2n) is 4.71. The van der Waals surface area contributed by atoms with Gasteiger partial charge in [-0.1, -0.05) is 23.8 Å². The van der Waals surface area contributed by atoms with E-state index in [-0.39, 0.29) is 11.3 Å². The van der Waals surface area contributed by atoms with Crippen molar-refractivity contribution >= 4 is 17.5 Å². The molecule has 0 aromatic heterocycles. The number of hydrogen-bond acceptors (Lipinski definition) is 3. The molecule has 1 atom stereocenters. The maximum Gasteiger partial charge on any atom is 0.207 e. The maximum absolute atomic E-state index is 13.8. The van der Waals surface area contributed by atoms with Crippen LogP contribution in [-0.4, -0.2) is 17.6 Å². The topological polar surface area (TPSA) is 26.3 Å². The van der Waals surface area contributed by atoms with E-state index in [2.05, 4.69) is 0 Å². The molecule has 0 saturated carbocycles. The summed E-state index contributed by atoms with van der Waals surface area (Å²) in [6, 6.07) is 12.1. The molecule has 0 fully saturated rings. The lowest BCUT2D eigenvalue weighted by Crippen LogP contribution is -2.32. The molecule has 3 rings (SSSR count). The molecule has 0 spiro atoms. The molecule has 2 nitrogen and oxygen atoms in total. The fourth-order valence-electron chi connectivity index (χ4n) is 2.15. The van der Waals surface area contributed by atoms with Crippen LogP contribution < -0.4 is 4.74 Å². The Morgan fingerprint density at radius 1 is 1.30 bits per heavy atom. The molecule has 0 amide bonds. The third-order valence-corrected chi connectivity index (χ3v) is 4.31. The van der Waals surface area contributed by atoms with Gasteiger partial charge in [0.25, 0.3) is 0 Å². The lowest BCUT2D eigenvalue weighted by Gasteiger charge is -2.24. The van der Waals surface area contributed by atoms with Gasteiger partial charge in [-0.2, -0.15) is 0 Å². The number of para-hydroxylation sites is 1. The number of thioether (sulfide) groups is 1. The summed E-state index contributed by atoms with van der Waals surface area (Å²) >= 11 is 1.56. The Morgan fingerprint density at radius 2 is 2.10 bits per heavy atom. The second kappa shape index (κ2) is 5.29. The largest absolute Gasteiger partial charge is 0.480 e. The summed E-state index contributed by atoms with van der Waals surface area (Å²) in [7, 11) is 0. The molecular weight excluding hydrogens is 275 g/mol. The van der Waals surface area contributed by atoms with Crippen LogP contribution >= 0.6 is 11.8 Å². The Hall–Kier alpha value is -1.81. The van der Waals surface area contributed by atoms with Crippen LogP contribution in [-0.2, 0) is 0 Å². The van der Waals surface area contributed by atoms with E-state index in [0.717, 1.165) is 10.5 Å². The SMILES string of the molecule is Cc1ccc(F)c(C(=O)C2CSc3ccccc3O2)c1. The van der Waals surface area contributed by atoms with E-state index in [9.17, 15) is 9.18 Å². The van der Waals surface area contributed by atoms with Crippen molar-refractivity contribution in [3.8, 4) is 5.75 Å². The fourth-order valence-corrected chi connectivity index (χ4v) is 3.13. The van der Waals surface area contributed by atoms with Crippen molar-refractivity contribution in [3.63, 3.8) is 0 Å². The normalized spacial score (nSPS) is 17.2. The van der Waals surface area contributed by atoms with Gasteiger partial charge in [0.15, 0.2) is 6.10 Å². The van der Waals surface area contributed by atoms with Gasteiger partial charge in [-0.3, -0.25) is 4.79 Å². The van der Waals surface area contributed by atoms with Crippen molar-refractivity contribution in [3.05, 3.63) is 59.4 Å². The molecule has 0 saturated heterocycles. The third-order valence-electron chi connectivity index (χ3n) is 3.19. The summed E-state index contributed by atoms with van der Waals surface area (Å²) in [6.45, 7) is 1.84. The van der Waals surface area contributed by atoms with Gasteiger partial charge in [0, 0.05) is 10.6 Å². The Morgan fingerprint density at radius 3 is 2.95 bits per heavy atom. The number of rotatable bonds is 2. The van der Waals surface area contributed by atoms with Gasteiger partial charge in [0.2, 0.25) is 5.78 Å². The molecule has 1 heterocycles. The first-order valence-corrected chi connectivity index (χ1v) is 7.32. The van der Waals surface area contributed by atoms with E-state index in [0.29, 0.717) is 11.5 Å². The average molecular weight is 288 g/mol. The molecule has 2 aromatic rings. The number of carbonyl (C=O) groups excluding carboxylic acids is 1. The van der Waals surface area contributed by atoms with Crippen molar-refractivity contribution in [2.75, 3.05) is 5.75 Å². The molecular formula is C16H13FO2S. The van der Waals surface area contributed by atoms with Gasteiger partial charge >= 0.3 is 0 Å². The lowest BCUT2D eigenvalue weighted by molar-refractivity contribution is 0.0810. The highest BCUT2D eigenvalue weighted by Crippen LogP contribution is 2.35. The standard InChI is InChI=1S/C16H13FO2S/c1-10-6-7-12(17)11(8-10)16(18)14-9-20-15-5-3-2-4-13(15)19-14/h2-8,14H,9H2,1H3. The molecule has 1 aliphatic rings. The zero-order valence-corrected chi connectivity index (χ0v) is 11.7. The first-order valence-electron chi connectivity index (χ1n) is 6.34. The minimum Gasteiger partial charge on any atom is -0.480 e. The number of halogens is 1. The van der Waals surface area contributed by atoms with Crippen molar-refractivity contribution < 1.29 is 13.9 Å². The average Bonchev–Trinajstić information content (AvgIpc) is 2.48. The first kappa shape index (κ1) is 13.2. The molecule has 2 aromatic carbocycles. The minimum atomic E-state index is -0.633. The van der Waals surface area contributed by atoms with Crippen molar-refractivity contribution in [2.45, 2.75) is 17.9 Å². The van der Waals surface area contributed by atoms with Gasteiger partial charge in [-0.25, -0.2) is 4.39 Å². The second-order valence-corrected chi connectivity index (χ2v) is 5.77. The monoisotopic (exact) mass is 288 g/mol. The molecule has 0 radical (unpaired) electrons. The van der Waals surface area contributed by atoms with Gasteiger partial charge < -0.3 is 4.74 Å². The summed E-state index contributed by atoms with van der Waals surface area (Å²) in [5, 5.41) is 0. The molecule has 0 N–H and O–H groups in total. The van der Waals surface area contributed by atoms with Crippen LogP contribution in [0.4, 0.5) is 4.39 Å². The summed E-state index contributed by atoms with van der Waals surface area (Å²) in [4.78, 5) is 13.4. The summed E-state index contributed by atoms with van der Waals surface area (Å²) in [6.07, 6.45) is -0.633. The van der Waals surface area contributed by atoms with Crippen LogP contribution in [0.5, 0.6) is 5.75 Å². The van der Waals surface area contributed by atoms with Crippen LogP contribution in [0.3, 0.4) is 0 Å². The number of carbonyl (C=O) groups is 1. The number of benzene rings is 2. The number of fused-ring (bicyclic) bond motifs is 1. The highest BCUT2D eigenvalue weighted by molar-refractivity contribution is 7.99. The van der Waals surface area contributed by atoms with Crippen molar-refractivity contribution in [1.82, 2.24) is 0 Å². The highest BCUT2D eigenvalue weighted by Gasteiger charge is 2.29. The van der Waals surface area contributed by atoms with Crippen molar-refractivity contribution in [1.29, 1.82) is 0 Å². The van der Waals surface area contributed by atoms with Crippen LogP contribution in [0.1, 0.15) is 15.9 Å². The summed E-state index contributed by atoms with van der Waals surface area (Å²) < 4.78 is 19.5. The van der Waals surface area contributed by atoms with E-state index >= 15 is 0 Å². The number of ether oxygens (including phenoxy) is 1. The highest BCUT2D eigenvalue weighted by atomic mass is 32.2. The van der Waals surface area contributed by atoms with Gasteiger partial charge in [0.05, 0.1) is 5.56 Å². The van der Waals surface area contributed by atoms with Crippen LogP contribution in [0, 0.1) is 12.7 Å². The number of ketones is 1. The number of aryl methyl sites for hydroxylation is 1. The predicted molar refractivity (Wildman–Crippen MR) is 77.0 cm³/mol. The number of Topliss-reactive ketones (excluding diaryl/α,β-unsaturated/α-hetero) is 1. The molecule has 102 valence electrons. The van der Waals surface area contributed by atoms with Crippen molar-refractivity contribution in [2.24, 2.45) is 0 Å². The fraction of sp³-hybridized carbons (Fsp3) is 0.188. The first-order chi connectivity index (χ1) is 9.65. The Bertz CT molecular complexity index is 669. The molecule has 1 aliphatic heterocycles. The molecule has 20 heavy (non-hydrogen) atoms. The summed E-state index contributed by atoms with van der Waals surface area (Å²) in [5.41, 5.74) is 0.966. The lowest BCUT2D eigenvalue weighted by atomic mass is 10.0. The predicted octanol–water partition coefficient (Wildman–Crippen LogP) is 3.87. The minimum absolute atomic E-state index is 0.106. The molecule has 1 unspecified atom stereocenters. The summed E-state index contributed by atoms with van der Waals surface area (Å²) in [5.74, 6) is 0.403. The van der Waals surface area contributed by atoms with Crippen LogP contribution in [0.2, 0.25) is 0 Å². The van der Waals surface area contributed by atoms with E-state index in [1.54, 1.807) is 23.9 Å². The molecule has 4 heteroatoms. The quantitative estimate of drug-likeness (QED) is 0.785.